The number of fused-ring (bicyclic) bond motifs is 8. The van der Waals surface area contributed by atoms with E-state index >= 15 is 0 Å². The van der Waals surface area contributed by atoms with Crippen molar-refractivity contribution >= 4 is 87.9 Å². The molecular formula is C65H48N4. The summed E-state index contributed by atoms with van der Waals surface area (Å²) in [6.07, 6.45) is 0. The number of rotatable bonds is 10. The fraction of sp³-hybridized carbons (Fsp3) is 0.0462. The lowest BCUT2D eigenvalue weighted by atomic mass is 9.90. The number of nitrogens with zero attached hydrogens (tertiary/aromatic N) is 4. The maximum atomic E-state index is 2.51. The van der Waals surface area contributed by atoms with Crippen molar-refractivity contribution in [1.29, 1.82) is 0 Å². The van der Waals surface area contributed by atoms with Gasteiger partial charge >= 0.3 is 0 Å². The van der Waals surface area contributed by atoms with Crippen molar-refractivity contribution in [3.05, 3.63) is 265 Å². The Kier molecular flexibility index (Phi) is 9.83. The van der Waals surface area contributed by atoms with Crippen LogP contribution < -0.4 is 9.80 Å². The number of hydrogen-bond donors (Lipinski definition) is 0. The Hall–Kier alpha value is -8.86. The van der Waals surface area contributed by atoms with Crippen LogP contribution in [0.3, 0.4) is 0 Å². The number of para-hydroxylation sites is 6. The van der Waals surface area contributed by atoms with E-state index in [2.05, 4.69) is 275 Å². The minimum absolute atomic E-state index is 0.678. The molecule has 13 aromatic rings. The Morgan fingerprint density at radius 1 is 0.275 bits per heavy atom. The van der Waals surface area contributed by atoms with E-state index in [9.17, 15) is 0 Å². The highest BCUT2D eigenvalue weighted by Crippen LogP contribution is 2.43. The number of aromatic nitrogens is 2. The Bertz CT molecular complexity index is 4020. The molecule has 4 heteroatoms. The van der Waals surface area contributed by atoms with Gasteiger partial charge in [-0.15, -0.1) is 0 Å². The number of aryl methyl sites for hydroxylation is 1. The Balaban J connectivity index is 0.981. The van der Waals surface area contributed by atoms with Crippen molar-refractivity contribution in [2.75, 3.05) is 9.80 Å². The van der Waals surface area contributed by atoms with Crippen LogP contribution in [0.2, 0.25) is 0 Å². The summed E-state index contributed by atoms with van der Waals surface area (Å²) in [6, 6.07) is 91.0. The van der Waals surface area contributed by atoms with Crippen LogP contribution in [0.5, 0.6) is 0 Å². The fourth-order valence-corrected chi connectivity index (χ4v) is 11.0. The van der Waals surface area contributed by atoms with Gasteiger partial charge in [-0.3, -0.25) is 0 Å². The summed E-state index contributed by atoms with van der Waals surface area (Å²) in [5.41, 5.74) is 15.6. The highest BCUT2D eigenvalue weighted by atomic mass is 15.1. The summed E-state index contributed by atoms with van der Waals surface area (Å²) in [5, 5.41) is 10.0. The molecule has 0 fully saturated rings. The van der Waals surface area contributed by atoms with Gasteiger partial charge in [-0.2, -0.15) is 0 Å². The molecule has 2 heterocycles. The van der Waals surface area contributed by atoms with E-state index < -0.39 is 0 Å². The molecule has 0 N–H and O–H groups in total. The number of hydrogen-bond acceptors (Lipinski definition) is 2. The first-order valence-corrected chi connectivity index (χ1v) is 23.9. The quantitative estimate of drug-likeness (QED) is 0.127. The van der Waals surface area contributed by atoms with Crippen molar-refractivity contribution in [2.24, 2.45) is 0 Å². The second kappa shape index (κ2) is 16.8. The molecular weight excluding hydrogens is 837 g/mol. The standard InChI is InChI=1S/C65H48N4/c1-45-34-37-54-57(40-45)61(44-67(47-22-8-3-9-23-47)51-36-39-65-59(42-51)56-31-17-19-33-63(56)69(65)49-26-12-5-13-27-49)53-29-15-14-28-52(53)60(54)43-66(46-20-6-2-7-21-46)50-35-38-64-58(41-50)55-30-16-18-32-62(55)68(64)48-24-10-4-11-25-48/h2-42H,43-44H2,1H3. The van der Waals surface area contributed by atoms with E-state index in [-0.39, 0.29) is 0 Å². The van der Waals surface area contributed by atoms with Crippen molar-refractivity contribution in [2.45, 2.75) is 20.0 Å². The lowest BCUT2D eigenvalue weighted by molar-refractivity contribution is 0.982. The smallest absolute Gasteiger partial charge is 0.0542 e. The molecule has 0 saturated heterocycles. The topological polar surface area (TPSA) is 16.3 Å². The first-order chi connectivity index (χ1) is 34.2. The minimum Gasteiger partial charge on any atom is -0.337 e. The van der Waals surface area contributed by atoms with Gasteiger partial charge in [-0.05, 0) is 137 Å². The molecule has 0 radical (unpaired) electrons. The Morgan fingerprint density at radius 3 is 1.10 bits per heavy atom. The average molecular weight is 885 g/mol. The van der Waals surface area contributed by atoms with E-state index in [1.165, 1.54) is 81.8 Å². The van der Waals surface area contributed by atoms with E-state index in [0.29, 0.717) is 13.1 Å². The van der Waals surface area contributed by atoms with Crippen molar-refractivity contribution in [3.63, 3.8) is 0 Å². The third-order valence-corrected chi connectivity index (χ3v) is 14.1. The molecule has 0 bridgehead atoms. The molecule has 2 aromatic heterocycles. The molecule has 69 heavy (non-hydrogen) atoms. The second-order valence-corrected chi connectivity index (χ2v) is 18.2. The molecule has 13 rings (SSSR count). The third kappa shape index (κ3) is 6.91. The number of anilines is 4. The molecule has 0 aliphatic carbocycles. The fourth-order valence-electron chi connectivity index (χ4n) is 11.0. The van der Waals surface area contributed by atoms with Crippen LogP contribution in [0, 0.1) is 6.92 Å². The van der Waals surface area contributed by atoms with Gasteiger partial charge in [0.1, 0.15) is 0 Å². The normalized spacial score (nSPS) is 11.7. The van der Waals surface area contributed by atoms with Gasteiger partial charge < -0.3 is 18.9 Å². The van der Waals surface area contributed by atoms with Crippen LogP contribution in [0.1, 0.15) is 16.7 Å². The predicted molar refractivity (Wildman–Crippen MR) is 292 cm³/mol. The molecule has 328 valence electrons. The van der Waals surface area contributed by atoms with Gasteiger partial charge in [-0.1, -0.05) is 157 Å². The first-order valence-electron chi connectivity index (χ1n) is 23.9. The van der Waals surface area contributed by atoms with Crippen molar-refractivity contribution in [3.8, 4) is 11.4 Å². The lowest BCUT2D eigenvalue weighted by Crippen LogP contribution is -2.19. The summed E-state index contributed by atoms with van der Waals surface area (Å²) in [5.74, 6) is 0. The summed E-state index contributed by atoms with van der Waals surface area (Å²) in [7, 11) is 0. The van der Waals surface area contributed by atoms with E-state index in [1.54, 1.807) is 0 Å². The first kappa shape index (κ1) is 40.4. The van der Waals surface area contributed by atoms with Gasteiger partial charge in [0, 0.05) is 68.8 Å². The SMILES string of the molecule is Cc1ccc2c(CN(c3ccccc3)c3ccc4c(c3)c3ccccc3n4-c3ccccc3)c3ccccc3c(CN(c3ccccc3)c3ccc4c(c3)c3ccccc3n4-c3ccccc3)c2c1. The molecule has 0 amide bonds. The third-order valence-electron chi connectivity index (χ3n) is 14.1. The Morgan fingerprint density at radius 2 is 0.638 bits per heavy atom. The summed E-state index contributed by atoms with van der Waals surface area (Å²) >= 11 is 0. The zero-order chi connectivity index (χ0) is 45.8. The minimum atomic E-state index is 0.678. The second-order valence-electron chi connectivity index (χ2n) is 18.2. The van der Waals surface area contributed by atoms with Gasteiger partial charge in [0.05, 0.1) is 22.1 Å². The van der Waals surface area contributed by atoms with Crippen LogP contribution in [0.15, 0.2) is 249 Å². The van der Waals surface area contributed by atoms with E-state index in [4.69, 9.17) is 0 Å². The van der Waals surface area contributed by atoms with E-state index in [1.807, 2.05) is 0 Å². The monoisotopic (exact) mass is 884 g/mol. The van der Waals surface area contributed by atoms with Crippen LogP contribution in [0.25, 0.3) is 76.5 Å². The molecule has 0 saturated carbocycles. The van der Waals surface area contributed by atoms with Crippen molar-refractivity contribution < 1.29 is 0 Å². The molecule has 0 unspecified atom stereocenters. The maximum Gasteiger partial charge on any atom is 0.0542 e. The summed E-state index contributed by atoms with van der Waals surface area (Å²) in [6.45, 7) is 3.58. The van der Waals surface area contributed by atoms with Gasteiger partial charge in [0.15, 0.2) is 0 Å². The zero-order valence-corrected chi connectivity index (χ0v) is 38.4. The van der Waals surface area contributed by atoms with Crippen LogP contribution in [0.4, 0.5) is 22.7 Å². The van der Waals surface area contributed by atoms with Gasteiger partial charge in [0.2, 0.25) is 0 Å². The van der Waals surface area contributed by atoms with Crippen LogP contribution in [-0.2, 0) is 13.1 Å². The summed E-state index contributed by atoms with van der Waals surface area (Å²) < 4.78 is 4.78. The van der Waals surface area contributed by atoms with Crippen molar-refractivity contribution in [1.82, 2.24) is 9.13 Å². The predicted octanol–water partition coefficient (Wildman–Crippen LogP) is 17.2. The molecule has 11 aromatic carbocycles. The molecule has 0 spiro atoms. The van der Waals surface area contributed by atoms with E-state index in [0.717, 1.165) is 34.1 Å². The maximum absolute atomic E-state index is 2.51. The molecule has 0 aliphatic heterocycles. The highest BCUT2D eigenvalue weighted by molar-refractivity contribution is 6.12. The van der Waals surface area contributed by atoms with Gasteiger partial charge in [-0.25, -0.2) is 0 Å². The molecule has 0 aliphatic rings. The highest BCUT2D eigenvalue weighted by Gasteiger charge is 2.23. The summed E-state index contributed by atoms with van der Waals surface area (Å²) in [4.78, 5) is 5.01. The average Bonchev–Trinajstić information content (AvgIpc) is 3.93. The van der Waals surface area contributed by atoms with Crippen LogP contribution >= 0.6 is 0 Å². The van der Waals surface area contributed by atoms with Gasteiger partial charge in [0.25, 0.3) is 0 Å². The number of benzene rings is 11. The largest absolute Gasteiger partial charge is 0.337 e. The zero-order valence-electron chi connectivity index (χ0n) is 38.4. The lowest BCUT2D eigenvalue weighted by Gasteiger charge is -2.30. The Labute approximate surface area is 401 Å². The van der Waals surface area contributed by atoms with Crippen LogP contribution in [-0.4, -0.2) is 9.13 Å². The molecule has 4 nitrogen and oxygen atoms in total. The molecule has 0 atom stereocenters.